The predicted octanol–water partition coefficient (Wildman–Crippen LogP) is 6.38. The summed E-state index contributed by atoms with van der Waals surface area (Å²) in [6, 6.07) is 13.3. The highest BCUT2D eigenvalue weighted by atomic mass is 35.5. The first-order valence-electron chi connectivity index (χ1n) is 12.4. The van der Waals surface area contributed by atoms with Crippen molar-refractivity contribution in [3.63, 3.8) is 0 Å². The van der Waals surface area contributed by atoms with E-state index in [-0.39, 0.29) is 36.3 Å². The number of nitrogens with zero attached hydrogens (tertiary/aromatic N) is 1. The lowest BCUT2D eigenvalue weighted by Crippen LogP contribution is -2.59. The Hall–Kier alpha value is -2.09. The molecule has 0 aliphatic carbocycles. The van der Waals surface area contributed by atoms with E-state index >= 15 is 0 Å². The Balaban J connectivity index is 2.30. The van der Waals surface area contributed by atoms with E-state index in [4.69, 9.17) is 23.2 Å². The number of carbonyl (C=O) groups is 2. The number of carboxylic acids is 1. The van der Waals surface area contributed by atoms with Gasteiger partial charge in [-0.3, -0.25) is 9.59 Å². The van der Waals surface area contributed by atoms with E-state index in [0.717, 1.165) is 11.1 Å². The zero-order chi connectivity index (χ0) is 27.7. The van der Waals surface area contributed by atoms with Crippen molar-refractivity contribution in [2.75, 3.05) is 5.75 Å². The van der Waals surface area contributed by atoms with Gasteiger partial charge in [-0.2, -0.15) is 0 Å². The molecular weight excluding hydrogens is 533 g/mol. The van der Waals surface area contributed by atoms with Crippen molar-refractivity contribution in [1.82, 2.24) is 4.90 Å². The summed E-state index contributed by atoms with van der Waals surface area (Å²) < 4.78 is 26.3. The summed E-state index contributed by atoms with van der Waals surface area (Å²) in [7, 11) is -3.53. The number of piperidine rings is 1. The third kappa shape index (κ3) is 6.50. The number of hydrogen-bond donors (Lipinski definition) is 1. The van der Waals surface area contributed by atoms with Crippen LogP contribution in [0.1, 0.15) is 70.5 Å². The molecule has 0 aromatic heterocycles. The van der Waals surface area contributed by atoms with Gasteiger partial charge in [0.25, 0.3) is 0 Å². The fourth-order valence-electron chi connectivity index (χ4n) is 5.27. The van der Waals surface area contributed by atoms with E-state index in [0.29, 0.717) is 10.0 Å². The number of carbonyl (C=O) groups excluding carboxylic acids is 1. The largest absolute Gasteiger partial charge is 0.481 e. The summed E-state index contributed by atoms with van der Waals surface area (Å²) >= 11 is 12.5. The summed E-state index contributed by atoms with van der Waals surface area (Å²) in [5.41, 5.74) is 0.416. The fourth-order valence-corrected chi connectivity index (χ4v) is 7.00. The molecule has 0 radical (unpaired) electrons. The number of aliphatic carboxylic acids is 1. The highest BCUT2D eigenvalue weighted by Gasteiger charge is 2.53. The molecule has 2 unspecified atom stereocenters. The molecule has 2 aromatic rings. The molecule has 9 heteroatoms. The monoisotopic (exact) mass is 567 g/mol. The Bertz CT molecular complexity index is 1250. The van der Waals surface area contributed by atoms with E-state index in [9.17, 15) is 23.1 Å². The standard InChI is InChI=1S/C28H35Cl2NO5S/c1-17(2)24(16-37(35,36)18(3)4)31-26(19-9-11-21(29)12-10-19)23(20-7-6-8-22(30)13-20)14-28(5,27(31)34)15-25(32)33/h6-13,17-18,23-24,26H,14-16H2,1-5H3,(H,32,33)/t23?,24?,26-,28-/m1/s1. The zero-order valence-electron chi connectivity index (χ0n) is 21.8. The molecule has 1 fully saturated rings. The van der Waals surface area contributed by atoms with E-state index in [1.54, 1.807) is 43.9 Å². The van der Waals surface area contributed by atoms with E-state index in [1.807, 2.05) is 44.2 Å². The van der Waals surface area contributed by atoms with E-state index < -0.39 is 38.6 Å². The third-order valence-corrected chi connectivity index (χ3v) is 10.1. The van der Waals surface area contributed by atoms with Crippen molar-refractivity contribution in [3.05, 3.63) is 69.7 Å². The van der Waals surface area contributed by atoms with Crippen LogP contribution in [0.2, 0.25) is 10.0 Å². The first kappa shape index (κ1) is 29.5. The second-order valence-corrected chi connectivity index (χ2v) is 14.4. The number of rotatable bonds is 9. The minimum Gasteiger partial charge on any atom is -0.481 e. The molecule has 202 valence electrons. The Morgan fingerprint density at radius 1 is 1.05 bits per heavy atom. The van der Waals surface area contributed by atoms with Gasteiger partial charge in [0.15, 0.2) is 9.84 Å². The van der Waals surface area contributed by atoms with Crippen molar-refractivity contribution in [2.45, 2.75) is 70.7 Å². The summed E-state index contributed by atoms with van der Waals surface area (Å²) in [6.07, 6.45) is -0.0987. The molecule has 1 N–H and O–H groups in total. The quantitative estimate of drug-likeness (QED) is 0.379. The molecule has 0 saturated carbocycles. The van der Waals surface area contributed by atoms with Gasteiger partial charge in [0, 0.05) is 22.0 Å². The normalized spacial score (nSPS) is 23.5. The number of sulfone groups is 1. The molecule has 2 aromatic carbocycles. The molecule has 1 aliphatic heterocycles. The van der Waals surface area contributed by atoms with E-state index in [1.165, 1.54) is 0 Å². The molecule has 1 saturated heterocycles. The molecule has 4 atom stereocenters. The average molecular weight is 569 g/mol. The van der Waals surface area contributed by atoms with Crippen LogP contribution in [0.25, 0.3) is 0 Å². The smallest absolute Gasteiger partial charge is 0.304 e. The Labute approximate surface area is 229 Å². The maximum Gasteiger partial charge on any atom is 0.304 e. The van der Waals surface area contributed by atoms with Gasteiger partial charge in [0.1, 0.15) is 0 Å². The van der Waals surface area contributed by atoms with Crippen LogP contribution in [0.15, 0.2) is 48.5 Å². The molecule has 0 bridgehead atoms. The molecule has 6 nitrogen and oxygen atoms in total. The lowest BCUT2D eigenvalue weighted by molar-refractivity contribution is -0.161. The number of benzene rings is 2. The van der Waals surface area contributed by atoms with Gasteiger partial charge < -0.3 is 10.0 Å². The summed E-state index contributed by atoms with van der Waals surface area (Å²) in [4.78, 5) is 27.9. The molecule has 1 heterocycles. The average Bonchev–Trinajstić information content (AvgIpc) is 2.79. The van der Waals surface area contributed by atoms with Gasteiger partial charge in [-0.15, -0.1) is 0 Å². The number of hydrogen-bond acceptors (Lipinski definition) is 4. The Morgan fingerprint density at radius 2 is 1.68 bits per heavy atom. The molecular formula is C28H35Cl2NO5S. The van der Waals surface area contributed by atoms with Crippen LogP contribution in [0.3, 0.4) is 0 Å². The summed E-state index contributed by atoms with van der Waals surface area (Å²) in [6.45, 7) is 8.71. The predicted molar refractivity (Wildman–Crippen MR) is 148 cm³/mol. The first-order valence-corrected chi connectivity index (χ1v) is 14.9. The van der Waals surface area contributed by atoms with Gasteiger partial charge >= 0.3 is 5.97 Å². The van der Waals surface area contributed by atoms with Crippen LogP contribution in [0.5, 0.6) is 0 Å². The zero-order valence-corrected chi connectivity index (χ0v) is 24.1. The van der Waals surface area contributed by atoms with Crippen LogP contribution in [-0.4, -0.2) is 47.3 Å². The second kappa shape index (κ2) is 11.3. The van der Waals surface area contributed by atoms with E-state index in [2.05, 4.69) is 0 Å². The fraction of sp³-hybridized carbons (Fsp3) is 0.500. The second-order valence-electron chi connectivity index (χ2n) is 10.9. The lowest BCUT2D eigenvalue weighted by atomic mass is 9.66. The van der Waals surface area contributed by atoms with Crippen molar-refractivity contribution in [2.24, 2.45) is 11.3 Å². The first-order chi connectivity index (χ1) is 17.2. The molecule has 3 rings (SSSR count). The highest BCUT2D eigenvalue weighted by Crippen LogP contribution is 2.52. The van der Waals surface area contributed by atoms with Crippen molar-refractivity contribution in [1.29, 1.82) is 0 Å². The minimum absolute atomic E-state index is 0.209. The van der Waals surface area contributed by atoms with Crippen molar-refractivity contribution in [3.8, 4) is 0 Å². The van der Waals surface area contributed by atoms with Crippen LogP contribution < -0.4 is 0 Å². The molecule has 1 amide bonds. The Kier molecular flexibility index (Phi) is 9.03. The van der Waals surface area contributed by atoms with Crippen LogP contribution in [0, 0.1) is 11.3 Å². The van der Waals surface area contributed by atoms with Crippen molar-refractivity contribution < 1.29 is 23.1 Å². The van der Waals surface area contributed by atoms with Gasteiger partial charge in [0.05, 0.1) is 28.9 Å². The number of likely N-dealkylation sites (tertiary alicyclic amines) is 1. The summed E-state index contributed by atoms with van der Waals surface area (Å²) in [5.74, 6) is -2.19. The maximum absolute atomic E-state index is 14.3. The SMILES string of the molecule is CC(C)C(CS(=O)(=O)C(C)C)N1C(=O)[C@@](C)(CC(=O)O)CC(c2cccc(Cl)c2)[C@H]1c1ccc(Cl)cc1. The summed E-state index contributed by atoms with van der Waals surface area (Å²) in [5, 5.41) is 10.2. The maximum atomic E-state index is 14.3. The van der Waals surface area contributed by atoms with Crippen molar-refractivity contribution >= 4 is 44.9 Å². The molecule has 0 spiro atoms. The molecule has 1 aliphatic rings. The van der Waals surface area contributed by atoms with Gasteiger partial charge in [0.2, 0.25) is 5.91 Å². The Morgan fingerprint density at radius 3 is 2.19 bits per heavy atom. The van der Waals surface area contributed by atoms with Gasteiger partial charge in [-0.25, -0.2) is 8.42 Å². The third-order valence-electron chi connectivity index (χ3n) is 7.38. The van der Waals surface area contributed by atoms with Crippen LogP contribution in [0.4, 0.5) is 0 Å². The number of halogens is 2. The lowest BCUT2D eigenvalue weighted by Gasteiger charge is -2.52. The van der Waals surface area contributed by atoms with Gasteiger partial charge in [-0.05, 0) is 61.6 Å². The highest BCUT2D eigenvalue weighted by molar-refractivity contribution is 7.92. The minimum atomic E-state index is -3.53. The molecule has 37 heavy (non-hydrogen) atoms. The van der Waals surface area contributed by atoms with Crippen LogP contribution in [-0.2, 0) is 19.4 Å². The topological polar surface area (TPSA) is 91.8 Å². The number of carboxylic acid groups (broad SMARTS) is 1. The number of amides is 1. The van der Waals surface area contributed by atoms with Crippen LogP contribution >= 0.6 is 23.2 Å². The van der Waals surface area contributed by atoms with Gasteiger partial charge in [-0.1, -0.05) is 68.2 Å².